The first-order valence-electron chi connectivity index (χ1n) is 8.68. The normalized spacial score (nSPS) is 10.8. The Hall–Kier alpha value is -3.19. The van der Waals surface area contributed by atoms with Gasteiger partial charge in [-0.2, -0.15) is 4.98 Å². The molecule has 0 aliphatic rings. The molecule has 0 spiro atoms. The molecule has 0 unspecified atom stereocenters. The molecule has 4 rings (SSSR count). The first-order chi connectivity index (χ1) is 13.6. The number of hydrogen-bond donors (Lipinski definition) is 0. The highest BCUT2D eigenvalue weighted by atomic mass is 79.9. The first kappa shape index (κ1) is 18.2. The third-order valence-corrected chi connectivity index (χ3v) is 4.93. The molecule has 140 valence electrons. The van der Waals surface area contributed by atoms with Crippen LogP contribution in [0.25, 0.3) is 23.0 Å². The number of anilines is 1. The van der Waals surface area contributed by atoms with Gasteiger partial charge in [-0.25, -0.2) is 0 Å². The molecular weight excluding hydrogens is 420 g/mol. The molecule has 0 fully saturated rings. The van der Waals surface area contributed by atoms with Crippen molar-refractivity contribution in [2.45, 2.75) is 6.54 Å². The van der Waals surface area contributed by atoms with E-state index in [2.05, 4.69) is 26.1 Å². The van der Waals surface area contributed by atoms with Crippen LogP contribution in [0.3, 0.4) is 0 Å². The number of likely N-dealkylation sites (N-methyl/N-ethyl adjacent to an activating group) is 1. The smallest absolute Gasteiger partial charge is 0.274 e. The van der Waals surface area contributed by atoms with Gasteiger partial charge in [0.1, 0.15) is 12.2 Å². The Bertz CT molecular complexity index is 1090. The van der Waals surface area contributed by atoms with Crippen molar-refractivity contribution in [1.82, 2.24) is 14.7 Å². The molecule has 6 nitrogen and oxygen atoms in total. The molecule has 0 saturated carbocycles. The fourth-order valence-electron chi connectivity index (χ4n) is 2.84. The quantitative estimate of drug-likeness (QED) is 0.457. The lowest BCUT2D eigenvalue weighted by Crippen LogP contribution is -2.29. The summed E-state index contributed by atoms with van der Waals surface area (Å²) in [5, 5.41) is 4.06. The SMILES string of the molecule is CN(C(=O)Cn1cccc1-c1nc(-c2ccc(Br)cc2)no1)c1ccccc1. The molecule has 0 atom stereocenters. The van der Waals surface area contributed by atoms with Gasteiger partial charge in [-0.15, -0.1) is 0 Å². The highest BCUT2D eigenvalue weighted by Crippen LogP contribution is 2.24. The Morgan fingerprint density at radius 2 is 1.82 bits per heavy atom. The van der Waals surface area contributed by atoms with Gasteiger partial charge in [0.2, 0.25) is 11.7 Å². The van der Waals surface area contributed by atoms with Gasteiger partial charge in [0.15, 0.2) is 0 Å². The van der Waals surface area contributed by atoms with Gasteiger partial charge >= 0.3 is 0 Å². The maximum absolute atomic E-state index is 12.7. The van der Waals surface area contributed by atoms with Crippen LogP contribution in [0.15, 0.2) is 81.9 Å². The van der Waals surface area contributed by atoms with Crippen molar-refractivity contribution >= 4 is 27.5 Å². The molecule has 0 bridgehead atoms. The van der Waals surface area contributed by atoms with Crippen LogP contribution in [-0.4, -0.2) is 27.7 Å². The number of hydrogen-bond acceptors (Lipinski definition) is 4. The molecule has 2 aromatic heterocycles. The number of benzene rings is 2. The average Bonchev–Trinajstić information content (AvgIpc) is 3.38. The monoisotopic (exact) mass is 436 g/mol. The molecule has 28 heavy (non-hydrogen) atoms. The van der Waals surface area contributed by atoms with Crippen molar-refractivity contribution in [3.63, 3.8) is 0 Å². The minimum atomic E-state index is -0.0451. The molecule has 0 saturated heterocycles. The van der Waals surface area contributed by atoms with Gasteiger partial charge in [0.05, 0.1) is 0 Å². The summed E-state index contributed by atoms with van der Waals surface area (Å²) in [4.78, 5) is 18.8. The summed E-state index contributed by atoms with van der Waals surface area (Å²) in [6.07, 6.45) is 1.83. The number of halogens is 1. The van der Waals surface area contributed by atoms with E-state index in [4.69, 9.17) is 4.52 Å². The Labute approximate surface area is 170 Å². The summed E-state index contributed by atoms with van der Waals surface area (Å²) in [5.74, 6) is 0.831. The summed E-state index contributed by atoms with van der Waals surface area (Å²) in [5.41, 5.74) is 2.40. The van der Waals surface area contributed by atoms with Gasteiger partial charge in [0, 0.05) is 29.0 Å². The number of amides is 1. The van der Waals surface area contributed by atoms with E-state index in [-0.39, 0.29) is 12.5 Å². The van der Waals surface area contributed by atoms with Gasteiger partial charge in [-0.05, 0) is 48.5 Å². The van der Waals surface area contributed by atoms with Crippen molar-refractivity contribution < 1.29 is 9.32 Å². The first-order valence-corrected chi connectivity index (χ1v) is 9.48. The van der Waals surface area contributed by atoms with Gasteiger partial charge in [0.25, 0.3) is 5.89 Å². The molecule has 4 aromatic rings. The maximum atomic E-state index is 12.7. The van der Waals surface area contributed by atoms with Crippen LogP contribution in [-0.2, 0) is 11.3 Å². The van der Waals surface area contributed by atoms with E-state index < -0.39 is 0 Å². The molecule has 0 aliphatic carbocycles. The Balaban J connectivity index is 1.55. The van der Waals surface area contributed by atoms with Crippen LogP contribution >= 0.6 is 15.9 Å². The van der Waals surface area contributed by atoms with Crippen LogP contribution in [0, 0.1) is 0 Å². The largest absolute Gasteiger partial charge is 0.334 e. The molecule has 0 radical (unpaired) electrons. The van der Waals surface area contributed by atoms with Crippen molar-refractivity contribution in [1.29, 1.82) is 0 Å². The number of para-hydroxylation sites is 1. The number of rotatable bonds is 5. The summed E-state index contributed by atoms with van der Waals surface area (Å²) < 4.78 is 8.23. The summed E-state index contributed by atoms with van der Waals surface area (Å²) in [7, 11) is 1.76. The minimum Gasteiger partial charge on any atom is -0.334 e. The Morgan fingerprint density at radius 3 is 2.57 bits per heavy atom. The highest BCUT2D eigenvalue weighted by molar-refractivity contribution is 9.10. The van der Waals surface area contributed by atoms with Crippen LogP contribution in [0.4, 0.5) is 5.69 Å². The third-order valence-electron chi connectivity index (χ3n) is 4.40. The molecule has 2 heterocycles. The second-order valence-electron chi connectivity index (χ2n) is 6.24. The molecular formula is C21H17BrN4O2. The Morgan fingerprint density at radius 1 is 1.07 bits per heavy atom. The predicted molar refractivity (Wildman–Crippen MR) is 111 cm³/mol. The zero-order chi connectivity index (χ0) is 19.5. The lowest BCUT2D eigenvalue weighted by molar-refractivity contribution is -0.118. The van der Waals surface area contributed by atoms with Crippen molar-refractivity contribution in [2.24, 2.45) is 0 Å². The topological polar surface area (TPSA) is 64.2 Å². The highest BCUT2D eigenvalue weighted by Gasteiger charge is 2.17. The van der Waals surface area contributed by atoms with Crippen LogP contribution in [0.2, 0.25) is 0 Å². The number of nitrogens with zero attached hydrogens (tertiary/aromatic N) is 4. The molecule has 0 aliphatic heterocycles. The van der Waals surface area contributed by atoms with Crippen LogP contribution in [0.5, 0.6) is 0 Å². The van der Waals surface area contributed by atoms with Crippen molar-refractivity contribution in [2.75, 3.05) is 11.9 Å². The lowest BCUT2D eigenvalue weighted by Gasteiger charge is -2.18. The summed E-state index contributed by atoms with van der Waals surface area (Å²) in [6.45, 7) is 0.170. The number of carbonyl (C=O) groups is 1. The van der Waals surface area contributed by atoms with E-state index in [0.717, 1.165) is 15.7 Å². The second kappa shape index (κ2) is 7.82. The maximum Gasteiger partial charge on any atom is 0.274 e. The van der Waals surface area contributed by atoms with Crippen LogP contribution < -0.4 is 4.90 Å². The van der Waals surface area contributed by atoms with E-state index >= 15 is 0 Å². The summed E-state index contributed by atoms with van der Waals surface area (Å²) in [6, 6.07) is 20.9. The van der Waals surface area contributed by atoms with E-state index in [1.165, 1.54) is 0 Å². The van der Waals surface area contributed by atoms with Gasteiger partial charge < -0.3 is 14.0 Å². The van der Waals surface area contributed by atoms with Crippen molar-refractivity contribution in [3.8, 4) is 23.0 Å². The fraction of sp³-hybridized carbons (Fsp3) is 0.0952. The molecule has 0 N–H and O–H groups in total. The van der Waals surface area contributed by atoms with E-state index in [0.29, 0.717) is 17.4 Å². The number of aromatic nitrogens is 3. The average molecular weight is 437 g/mol. The second-order valence-corrected chi connectivity index (χ2v) is 7.16. The zero-order valence-electron chi connectivity index (χ0n) is 15.1. The van der Waals surface area contributed by atoms with Crippen molar-refractivity contribution in [3.05, 3.63) is 77.4 Å². The lowest BCUT2D eigenvalue weighted by atomic mass is 10.2. The van der Waals surface area contributed by atoms with Crippen LogP contribution in [0.1, 0.15) is 0 Å². The van der Waals surface area contributed by atoms with E-state index in [9.17, 15) is 4.79 Å². The Kier molecular flexibility index (Phi) is 5.08. The fourth-order valence-corrected chi connectivity index (χ4v) is 3.10. The molecule has 7 heteroatoms. The predicted octanol–water partition coefficient (Wildman–Crippen LogP) is 4.63. The van der Waals surface area contributed by atoms with Gasteiger partial charge in [-0.1, -0.05) is 39.3 Å². The van der Waals surface area contributed by atoms with E-state index in [1.54, 1.807) is 16.5 Å². The van der Waals surface area contributed by atoms with Gasteiger partial charge in [-0.3, -0.25) is 4.79 Å². The summed E-state index contributed by atoms with van der Waals surface area (Å²) >= 11 is 3.41. The third kappa shape index (κ3) is 3.75. The molecule has 2 aromatic carbocycles. The zero-order valence-corrected chi connectivity index (χ0v) is 16.7. The number of carbonyl (C=O) groups excluding carboxylic acids is 1. The standard InChI is InChI=1S/C21H17BrN4O2/c1-25(17-6-3-2-4-7-17)19(27)14-26-13-5-8-18(26)21-23-20(24-28-21)15-9-11-16(22)12-10-15/h2-13H,14H2,1H3. The van der Waals surface area contributed by atoms with E-state index in [1.807, 2.05) is 72.9 Å². The molecule has 1 amide bonds. The minimum absolute atomic E-state index is 0.0451.